The van der Waals surface area contributed by atoms with Crippen LogP contribution >= 0.6 is 0 Å². The van der Waals surface area contributed by atoms with Gasteiger partial charge >= 0.3 is 0 Å². The number of hydrogen-bond acceptors (Lipinski definition) is 5. The number of carbonyl (C=O) groups excluding carboxylic acids is 3. The second-order valence-corrected chi connectivity index (χ2v) is 3.19. The van der Waals surface area contributed by atoms with Crippen molar-refractivity contribution in [1.29, 1.82) is 0 Å². The standard InChI is InChI=1S/C8H14N2O5/c1-4(9)7(13)10-5(8(14)15)2-3-6(11)12/h4-5H,2-3,9H2,1H3,(H,10,13)(H,11,12)(H,14,15)/p-1. The smallest absolute Gasteiger partial charge is 0.278 e. The molecule has 4 N–H and O–H groups in total. The summed E-state index contributed by atoms with van der Waals surface area (Å²) in [5.41, 5.74) is 3.39. The van der Waals surface area contributed by atoms with Gasteiger partial charge in [-0.1, -0.05) is 0 Å². The fourth-order valence-corrected chi connectivity index (χ4v) is 0.825. The molecule has 0 aliphatic carbocycles. The quantitative estimate of drug-likeness (QED) is 0.461. The van der Waals surface area contributed by atoms with Crippen LogP contribution in [0.1, 0.15) is 19.8 Å². The molecule has 7 nitrogen and oxygen atoms in total. The summed E-state index contributed by atoms with van der Waals surface area (Å²) in [6.45, 7) is 1.49. The maximum Gasteiger partial charge on any atom is 0.278 e. The first-order chi connectivity index (χ1) is 6.84. The first kappa shape index (κ1) is 13.4. The van der Waals surface area contributed by atoms with E-state index in [1.54, 1.807) is 0 Å². The molecule has 86 valence electrons. The Morgan fingerprint density at radius 1 is 1.33 bits per heavy atom. The lowest BCUT2D eigenvalue weighted by Crippen LogP contribution is -2.67. The molecule has 0 spiro atoms. The van der Waals surface area contributed by atoms with Crippen LogP contribution in [0, 0.1) is 0 Å². The van der Waals surface area contributed by atoms with Crippen molar-refractivity contribution in [2.45, 2.75) is 31.8 Å². The number of aliphatic carboxylic acids is 2. The lowest BCUT2D eigenvalue weighted by Gasteiger charge is -2.20. The number of hydrogen-bond donors (Lipinski definition) is 2. The highest BCUT2D eigenvalue weighted by Crippen LogP contribution is 1.96. The number of quaternary nitrogens is 1. The van der Waals surface area contributed by atoms with Crippen LogP contribution in [0.2, 0.25) is 0 Å². The summed E-state index contributed by atoms with van der Waals surface area (Å²) >= 11 is 0. The van der Waals surface area contributed by atoms with E-state index in [-0.39, 0.29) is 6.42 Å². The summed E-state index contributed by atoms with van der Waals surface area (Å²) in [5.74, 6) is -3.47. The van der Waals surface area contributed by atoms with Crippen molar-refractivity contribution in [3.8, 4) is 0 Å². The van der Waals surface area contributed by atoms with Gasteiger partial charge < -0.3 is 30.9 Å². The van der Waals surface area contributed by atoms with Gasteiger partial charge in [0, 0.05) is 5.97 Å². The van der Waals surface area contributed by atoms with Gasteiger partial charge in [-0.15, -0.1) is 0 Å². The van der Waals surface area contributed by atoms with Gasteiger partial charge in [0.1, 0.15) is 0 Å². The van der Waals surface area contributed by atoms with E-state index in [2.05, 4.69) is 11.1 Å². The van der Waals surface area contributed by atoms with Gasteiger partial charge in [0.05, 0.1) is 12.0 Å². The fraction of sp³-hybridized carbons (Fsp3) is 0.625. The summed E-state index contributed by atoms with van der Waals surface area (Å²) in [6, 6.07) is -1.94. The fourth-order valence-electron chi connectivity index (χ4n) is 0.825. The average molecular weight is 217 g/mol. The SMILES string of the molecule is CC([NH3+])C(=O)NC(CCC(=O)[O-])C(=O)[O-]. The first-order valence-corrected chi connectivity index (χ1v) is 4.38. The van der Waals surface area contributed by atoms with E-state index in [0.717, 1.165) is 0 Å². The minimum atomic E-state index is -1.52. The van der Waals surface area contributed by atoms with E-state index >= 15 is 0 Å². The molecule has 15 heavy (non-hydrogen) atoms. The van der Waals surface area contributed by atoms with E-state index < -0.39 is 36.4 Å². The molecule has 0 aliphatic rings. The van der Waals surface area contributed by atoms with Crippen molar-refractivity contribution in [1.82, 2.24) is 5.32 Å². The number of amides is 1. The van der Waals surface area contributed by atoms with Crippen LogP contribution in [-0.2, 0) is 14.4 Å². The van der Waals surface area contributed by atoms with Crippen molar-refractivity contribution in [2.24, 2.45) is 0 Å². The summed E-state index contributed by atoms with van der Waals surface area (Å²) in [7, 11) is 0. The minimum Gasteiger partial charge on any atom is -0.550 e. The van der Waals surface area contributed by atoms with Crippen molar-refractivity contribution < 1.29 is 30.3 Å². The van der Waals surface area contributed by atoms with Crippen LogP contribution in [0.3, 0.4) is 0 Å². The predicted molar refractivity (Wildman–Crippen MR) is 43.5 cm³/mol. The van der Waals surface area contributed by atoms with Crippen molar-refractivity contribution in [3.05, 3.63) is 0 Å². The molecule has 0 saturated carbocycles. The Hall–Kier alpha value is -1.63. The van der Waals surface area contributed by atoms with Gasteiger partial charge in [0.15, 0.2) is 6.04 Å². The molecule has 2 unspecified atom stereocenters. The van der Waals surface area contributed by atoms with Gasteiger partial charge in [0.25, 0.3) is 5.91 Å². The van der Waals surface area contributed by atoms with E-state index in [4.69, 9.17) is 0 Å². The largest absolute Gasteiger partial charge is 0.550 e. The molecule has 0 radical (unpaired) electrons. The second kappa shape index (κ2) is 5.97. The first-order valence-electron chi connectivity index (χ1n) is 4.38. The highest BCUT2D eigenvalue weighted by atomic mass is 16.4. The molecule has 0 aromatic rings. The van der Waals surface area contributed by atoms with E-state index in [1.165, 1.54) is 6.92 Å². The Labute approximate surface area is 86.3 Å². The maximum atomic E-state index is 11.1. The van der Waals surface area contributed by atoms with Gasteiger partial charge in [-0.2, -0.15) is 0 Å². The Balaban J connectivity index is 4.22. The van der Waals surface area contributed by atoms with E-state index in [0.29, 0.717) is 0 Å². The molecular formula is C8H13N2O5-. The third-order valence-corrected chi connectivity index (χ3v) is 1.69. The normalized spacial score (nSPS) is 14.0. The lowest BCUT2D eigenvalue weighted by atomic mass is 10.1. The van der Waals surface area contributed by atoms with Crippen LogP contribution in [0.5, 0.6) is 0 Å². The van der Waals surface area contributed by atoms with E-state index in [9.17, 15) is 24.6 Å². The zero-order chi connectivity index (χ0) is 12.0. The van der Waals surface area contributed by atoms with E-state index in [1.807, 2.05) is 0 Å². The number of carboxylic acids is 2. The van der Waals surface area contributed by atoms with Crippen molar-refractivity contribution in [3.63, 3.8) is 0 Å². The molecule has 7 heteroatoms. The molecule has 0 heterocycles. The van der Waals surface area contributed by atoms with Crippen molar-refractivity contribution in [2.75, 3.05) is 0 Å². The van der Waals surface area contributed by atoms with Crippen LogP contribution in [0.4, 0.5) is 0 Å². The number of rotatable bonds is 6. The third kappa shape index (κ3) is 5.63. The van der Waals surface area contributed by atoms with Crippen LogP contribution in [0.25, 0.3) is 0 Å². The summed E-state index contributed by atoms with van der Waals surface area (Å²) in [5, 5.41) is 22.7. The molecule has 0 fully saturated rings. The molecule has 0 aromatic carbocycles. The molecule has 0 rings (SSSR count). The number of carboxylic acid groups (broad SMARTS) is 2. The summed E-state index contributed by atoms with van der Waals surface area (Å²) < 4.78 is 0. The zero-order valence-corrected chi connectivity index (χ0v) is 8.32. The second-order valence-electron chi connectivity index (χ2n) is 3.19. The lowest BCUT2D eigenvalue weighted by molar-refractivity contribution is -0.398. The predicted octanol–water partition coefficient (Wildman–Crippen LogP) is -4.62. The molecule has 1 amide bonds. The summed E-state index contributed by atoms with van der Waals surface area (Å²) in [4.78, 5) is 31.7. The number of nitrogens with one attached hydrogen (secondary N) is 1. The van der Waals surface area contributed by atoms with Gasteiger partial charge in [-0.25, -0.2) is 0 Å². The van der Waals surface area contributed by atoms with Crippen molar-refractivity contribution >= 4 is 17.8 Å². The molecule has 0 aromatic heterocycles. The maximum absolute atomic E-state index is 11.1. The Bertz CT molecular complexity index is 264. The molecular weight excluding hydrogens is 204 g/mol. The monoisotopic (exact) mass is 217 g/mol. The molecule has 0 saturated heterocycles. The Morgan fingerprint density at radius 3 is 2.20 bits per heavy atom. The zero-order valence-electron chi connectivity index (χ0n) is 8.32. The van der Waals surface area contributed by atoms with Crippen LogP contribution in [-0.4, -0.2) is 29.9 Å². The number of carbonyl (C=O) groups is 3. The molecule has 2 atom stereocenters. The van der Waals surface area contributed by atoms with Gasteiger partial charge in [0.2, 0.25) is 0 Å². The van der Waals surface area contributed by atoms with Crippen LogP contribution < -0.4 is 21.3 Å². The average Bonchev–Trinajstić information content (AvgIpc) is 2.10. The highest BCUT2D eigenvalue weighted by molar-refractivity contribution is 5.85. The molecule has 0 aliphatic heterocycles. The Kier molecular flexibility index (Phi) is 5.32. The van der Waals surface area contributed by atoms with Crippen LogP contribution in [0.15, 0.2) is 0 Å². The van der Waals surface area contributed by atoms with Gasteiger partial charge in [-0.3, -0.25) is 4.79 Å². The molecule has 0 bridgehead atoms. The van der Waals surface area contributed by atoms with Gasteiger partial charge in [-0.05, 0) is 19.8 Å². The Morgan fingerprint density at radius 2 is 1.87 bits per heavy atom. The topological polar surface area (TPSA) is 137 Å². The third-order valence-electron chi connectivity index (χ3n) is 1.69. The summed E-state index contributed by atoms with van der Waals surface area (Å²) in [6.07, 6.45) is -0.715. The highest BCUT2D eigenvalue weighted by Gasteiger charge is 2.17. The minimum absolute atomic E-state index is 0.261.